The Morgan fingerprint density at radius 1 is 1.40 bits per heavy atom. The minimum absolute atomic E-state index is 0.182. The van der Waals surface area contributed by atoms with Gasteiger partial charge in [-0.3, -0.25) is 10.2 Å². The highest BCUT2D eigenvalue weighted by atomic mass is 16.3. The normalized spacial score (nSPS) is 10.4. The first-order chi connectivity index (χ1) is 7.11. The molecule has 1 aromatic heterocycles. The fourth-order valence-electron chi connectivity index (χ4n) is 1.49. The van der Waals surface area contributed by atoms with E-state index in [9.17, 15) is 9.90 Å². The van der Waals surface area contributed by atoms with Gasteiger partial charge in [0.1, 0.15) is 16.8 Å². The maximum absolute atomic E-state index is 11.0. The van der Waals surface area contributed by atoms with E-state index in [0.717, 1.165) is 0 Å². The number of primary amides is 1. The van der Waals surface area contributed by atoms with Crippen molar-refractivity contribution in [2.24, 2.45) is 5.73 Å². The lowest BCUT2D eigenvalue weighted by molar-refractivity contribution is 0.0996. The number of carbonyl (C=O) groups excluding carboxylic acids is 1. The molecule has 76 valence electrons. The van der Waals surface area contributed by atoms with Crippen LogP contribution in [0.15, 0.2) is 24.3 Å². The topological polar surface area (TPSA) is 103 Å². The summed E-state index contributed by atoms with van der Waals surface area (Å²) in [5.74, 6) is -1.07. The molecule has 0 spiro atoms. The first kappa shape index (κ1) is 9.26. The van der Waals surface area contributed by atoms with Gasteiger partial charge in [-0.2, -0.15) is 0 Å². The highest BCUT2D eigenvalue weighted by molar-refractivity contribution is 6.00. The van der Waals surface area contributed by atoms with Crippen LogP contribution in [0.2, 0.25) is 0 Å². The molecule has 2 rings (SSSR count). The molecule has 1 amide bonds. The van der Waals surface area contributed by atoms with Crippen LogP contribution in [0.3, 0.4) is 0 Å². The summed E-state index contributed by atoms with van der Waals surface area (Å²) in [6.07, 6.45) is 0. The standard InChI is InChI=1S/C10H9N3O2/c11-9-7(10(12)15)8(14)5-3-1-2-4-6(5)13-9/h1-4H,(H2,12,15)(H3,11,13,14). The molecule has 0 aliphatic heterocycles. The van der Waals surface area contributed by atoms with Gasteiger partial charge in [0.2, 0.25) is 0 Å². The van der Waals surface area contributed by atoms with Crippen molar-refractivity contribution in [1.82, 2.24) is 4.98 Å². The number of amides is 1. The molecular weight excluding hydrogens is 194 g/mol. The fourth-order valence-corrected chi connectivity index (χ4v) is 1.49. The van der Waals surface area contributed by atoms with E-state index in [-0.39, 0.29) is 16.8 Å². The summed E-state index contributed by atoms with van der Waals surface area (Å²) < 4.78 is 0. The second kappa shape index (κ2) is 3.13. The predicted octanol–water partition coefficient (Wildman–Crippen LogP) is 0.452. The van der Waals surface area contributed by atoms with Crippen molar-refractivity contribution >= 4 is 16.8 Å². The molecule has 5 nitrogen and oxygen atoms in total. The van der Waals surface area contributed by atoms with E-state index in [1.54, 1.807) is 24.3 Å². The zero-order chi connectivity index (χ0) is 11.0. The van der Waals surface area contributed by atoms with Gasteiger partial charge in [-0.05, 0) is 12.1 Å². The second-order valence-corrected chi connectivity index (χ2v) is 3.13. The molecule has 0 saturated carbocycles. The summed E-state index contributed by atoms with van der Waals surface area (Å²) in [4.78, 5) is 13.7. The van der Waals surface area contributed by atoms with Crippen LogP contribution < -0.4 is 11.2 Å². The van der Waals surface area contributed by atoms with Crippen molar-refractivity contribution in [2.45, 2.75) is 0 Å². The first-order valence-corrected chi connectivity index (χ1v) is 4.29. The van der Waals surface area contributed by atoms with Crippen molar-refractivity contribution in [1.29, 1.82) is 5.41 Å². The Labute approximate surface area is 84.7 Å². The van der Waals surface area contributed by atoms with Crippen LogP contribution in [-0.2, 0) is 0 Å². The van der Waals surface area contributed by atoms with Gasteiger partial charge in [0, 0.05) is 5.39 Å². The number of aromatic nitrogens is 1. The third-order valence-corrected chi connectivity index (χ3v) is 2.18. The van der Waals surface area contributed by atoms with E-state index >= 15 is 0 Å². The van der Waals surface area contributed by atoms with Gasteiger partial charge in [-0.25, -0.2) is 0 Å². The van der Waals surface area contributed by atoms with E-state index in [4.69, 9.17) is 11.1 Å². The average molecular weight is 203 g/mol. The van der Waals surface area contributed by atoms with Gasteiger partial charge < -0.3 is 15.8 Å². The highest BCUT2D eigenvalue weighted by Gasteiger charge is 2.13. The SMILES string of the molecule is N=c1[nH]c2ccccc2c(O)c1C(N)=O. The summed E-state index contributed by atoms with van der Waals surface area (Å²) in [5.41, 5.74) is 5.29. The molecule has 0 aliphatic rings. The number of fused-ring (bicyclic) bond motifs is 1. The maximum atomic E-state index is 11.0. The molecule has 5 heteroatoms. The number of carbonyl (C=O) groups is 1. The van der Waals surface area contributed by atoms with Crippen LogP contribution in [0.4, 0.5) is 0 Å². The monoisotopic (exact) mass is 203 g/mol. The van der Waals surface area contributed by atoms with E-state index in [1.807, 2.05) is 0 Å². The number of nitrogens with one attached hydrogen (secondary N) is 2. The van der Waals surface area contributed by atoms with Crippen molar-refractivity contribution in [3.8, 4) is 5.75 Å². The smallest absolute Gasteiger partial charge is 0.256 e. The Balaban J connectivity index is 2.97. The Morgan fingerprint density at radius 3 is 2.73 bits per heavy atom. The highest BCUT2D eigenvalue weighted by Crippen LogP contribution is 2.23. The third kappa shape index (κ3) is 1.34. The van der Waals surface area contributed by atoms with Gasteiger partial charge in [0.05, 0.1) is 5.52 Å². The summed E-state index contributed by atoms with van der Waals surface area (Å²) in [7, 11) is 0. The Kier molecular flexibility index (Phi) is 1.93. The van der Waals surface area contributed by atoms with Crippen LogP contribution in [-0.4, -0.2) is 16.0 Å². The van der Waals surface area contributed by atoms with Crippen molar-refractivity contribution < 1.29 is 9.90 Å². The Morgan fingerprint density at radius 2 is 2.07 bits per heavy atom. The molecule has 1 aromatic carbocycles. The minimum Gasteiger partial charge on any atom is -0.506 e. The lowest BCUT2D eigenvalue weighted by Gasteiger charge is -2.05. The minimum atomic E-state index is -0.820. The fraction of sp³-hybridized carbons (Fsp3) is 0. The molecule has 0 atom stereocenters. The van der Waals surface area contributed by atoms with Crippen LogP contribution in [0.1, 0.15) is 10.4 Å². The van der Waals surface area contributed by atoms with Crippen LogP contribution >= 0.6 is 0 Å². The van der Waals surface area contributed by atoms with Gasteiger partial charge in [-0.15, -0.1) is 0 Å². The molecule has 0 fully saturated rings. The van der Waals surface area contributed by atoms with Crippen molar-refractivity contribution in [2.75, 3.05) is 0 Å². The van der Waals surface area contributed by atoms with E-state index < -0.39 is 5.91 Å². The molecular formula is C10H9N3O2. The lowest BCUT2D eigenvalue weighted by atomic mass is 10.1. The number of hydrogen-bond donors (Lipinski definition) is 4. The number of aromatic hydroxyl groups is 1. The molecule has 0 bridgehead atoms. The van der Waals surface area contributed by atoms with Crippen LogP contribution in [0.25, 0.3) is 10.9 Å². The average Bonchev–Trinajstić information content (AvgIpc) is 2.17. The lowest BCUT2D eigenvalue weighted by Crippen LogP contribution is -2.23. The first-order valence-electron chi connectivity index (χ1n) is 4.29. The predicted molar refractivity (Wildman–Crippen MR) is 54.3 cm³/mol. The van der Waals surface area contributed by atoms with Crippen molar-refractivity contribution in [3.63, 3.8) is 0 Å². The Hall–Kier alpha value is -2.30. The number of pyridine rings is 1. The molecule has 0 radical (unpaired) electrons. The summed E-state index contributed by atoms with van der Waals surface area (Å²) in [5, 5.41) is 17.7. The number of H-pyrrole nitrogens is 1. The van der Waals surface area contributed by atoms with E-state index in [0.29, 0.717) is 10.9 Å². The molecule has 1 heterocycles. The largest absolute Gasteiger partial charge is 0.506 e. The number of aromatic amines is 1. The molecule has 15 heavy (non-hydrogen) atoms. The van der Waals surface area contributed by atoms with E-state index in [1.165, 1.54) is 0 Å². The molecule has 0 saturated heterocycles. The zero-order valence-electron chi connectivity index (χ0n) is 7.74. The summed E-state index contributed by atoms with van der Waals surface area (Å²) >= 11 is 0. The molecule has 0 unspecified atom stereocenters. The number of hydrogen-bond acceptors (Lipinski definition) is 3. The number of para-hydroxylation sites is 1. The van der Waals surface area contributed by atoms with Crippen molar-refractivity contribution in [3.05, 3.63) is 35.3 Å². The third-order valence-electron chi connectivity index (χ3n) is 2.18. The van der Waals surface area contributed by atoms with Gasteiger partial charge >= 0.3 is 0 Å². The Bertz CT molecular complexity index is 601. The zero-order valence-corrected chi connectivity index (χ0v) is 7.74. The maximum Gasteiger partial charge on any atom is 0.256 e. The molecule has 2 aromatic rings. The number of rotatable bonds is 1. The molecule has 0 aliphatic carbocycles. The quantitative estimate of drug-likeness (QED) is 0.540. The number of nitrogens with two attached hydrogens (primary N) is 1. The van der Waals surface area contributed by atoms with Gasteiger partial charge in [0.25, 0.3) is 5.91 Å². The van der Waals surface area contributed by atoms with Gasteiger partial charge in [-0.1, -0.05) is 12.1 Å². The van der Waals surface area contributed by atoms with Crippen LogP contribution in [0, 0.1) is 5.41 Å². The van der Waals surface area contributed by atoms with E-state index in [2.05, 4.69) is 4.98 Å². The van der Waals surface area contributed by atoms with Crippen LogP contribution in [0.5, 0.6) is 5.75 Å². The summed E-state index contributed by atoms with van der Waals surface area (Å²) in [6.45, 7) is 0. The molecule has 5 N–H and O–H groups in total. The van der Waals surface area contributed by atoms with Gasteiger partial charge in [0.15, 0.2) is 0 Å². The summed E-state index contributed by atoms with van der Waals surface area (Å²) in [6, 6.07) is 6.84. The second-order valence-electron chi connectivity index (χ2n) is 3.13. The number of benzene rings is 1.